The van der Waals surface area contributed by atoms with Gasteiger partial charge < -0.3 is 16.9 Å². The number of rotatable bonds is 32. The van der Waals surface area contributed by atoms with E-state index in [1.54, 1.807) is 0 Å². The molecule has 0 aromatic rings. The highest BCUT2D eigenvalue weighted by atomic mass is 35.5. The molecular weight excluding hydrogens is 518 g/mol. The van der Waals surface area contributed by atoms with Crippen molar-refractivity contribution in [3.63, 3.8) is 0 Å². The molecule has 0 aromatic heterocycles. The minimum absolute atomic E-state index is 0. The summed E-state index contributed by atoms with van der Waals surface area (Å²) in [5.74, 6) is 0. The lowest BCUT2D eigenvalue weighted by molar-refractivity contribution is -0.890. The van der Waals surface area contributed by atoms with E-state index in [1.807, 2.05) is 0 Å². The Labute approximate surface area is 267 Å². The van der Waals surface area contributed by atoms with Crippen LogP contribution in [0.1, 0.15) is 187 Å². The second-order valence-electron chi connectivity index (χ2n) is 13.3. The fourth-order valence-electron chi connectivity index (χ4n) is 5.60. The van der Waals surface area contributed by atoms with Crippen molar-refractivity contribution in [2.24, 2.45) is 0 Å². The van der Waals surface area contributed by atoms with E-state index in [0.717, 1.165) is 6.42 Å². The molecule has 1 nitrogen and oxygen atoms in total. The first-order valence-corrected chi connectivity index (χ1v) is 18.4. The van der Waals surface area contributed by atoms with Gasteiger partial charge in [-0.15, -0.1) is 0 Å². The van der Waals surface area contributed by atoms with Crippen molar-refractivity contribution >= 4 is 0 Å². The zero-order chi connectivity index (χ0) is 29.2. The van der Waals surface area contributed by atoms with E-state index in [2.05, 4.69) is 64.4 Å². The summed E-state index contributed by atoms with van der Waals surface area (Å²) in [4.78, 5) is 0. The highest BCUT2D eigenvalue weighted by Crippen LogP contribution is 2.14. The van der Waals surface area contributed by atoms with Gasteiger partial charge in [-0.1, -0.05) is 140 Å². The van der Waals surface area contributed by atoms with Crippen LogP contribution in [0.2, 0.25) is 0 Å². The van der Waals surface area contributed by atoms with Gasteiger partial charge in [-0.3, -0.25) is 0 Å². The minimum Gasteiger partial charge on any atom is -1.00 e. The summed E-state index contributed by atoms with van der Waals surface area (Å²) in [7, 11) is 4.90. The average Bonchev–Trinajstić information content (AvgIpc) is 2.94. The van der Waals surface area contributed by atoms with E-state index >= 15 is 0 Å². The van der Waals surface area contributed by atoms with Gasteiger partial charge in [0.25, 0.3) is 0 Å². The molecule has 2 heteroatoms. The molecule has 244 valence electrons. The minimum atomic E-state index is 0. The maximum atomic E-state index is 2.45. The first-order valence-electron chi connectivity index (χ1n) is 18.4. The van der Waals surface area contributed by atoms with Crippen molar-refractivity contribution < 1.29 is 16.9 Å². The zero-order valence-corrected chi connectivity index (χ0v) is 29.6. The first-order chi connectivity index (χ1) is 19.6. The van der Waals surface area contributed by atoms with Crippen LogP contribution in [0.25, 0.3) is 0 Å². The molecule has 0 radical (unpaired) electrons. The molecule has 0 saturated heterocycles. The van der Waals surface area contributed by atoms with Crippen LogP contribution in [0.4, 0.5) is 0 Å². The maximum absolute atomic E-state index is 2.45. The average molecular weight is 594 g/mol. The van der Waals surface area contributed by atoms with Crippen molar-refractivity contribution in [3.05, 3.63) is 36.5 Å². The zero-order valence-electron chi connectivity index (χ0n) is 28.8. The van der Waals surface area contributed by atoms with Gasteiger partial charge in [0.15, 0.2) is 0 Å². The normalized spacial score (nSPS) is 12.3. The number of allylic oxidation sites excluding steroid dienone is 6. The summed E-state index contributed by atoms with van der Waals surface area (Å²) in [6.07, 6.45) is 51.6. The Hall–Kier alpha value is -0.530. The van der Waals surface area contributed by atoms with Gasteiger partial charge in [-0.25, -0.2) is 0 Å². The second-order valence-corrected chi connectivity index (χ2v) is 13.3. The Morgan fingerprint density at radius 3 is 1.00 bits per heavy atom. The number of nitrogens with zero attached hydrogens (tertiary/aromatic N) is 1. The van der Waals surface area contributed by atoms with Gasteiger partial charge in [0.2, 0.25) is 0 Å². The van der Waals surface area contributed by atoms with Crippen molar-refractivity contribution in [1.29, 1.82) is 0 Å². The lowest BCUT2D eigenvalue weighted by Crippen LogP contribution is -3.00. The number of quaternary nitrogens is 1. The Kier molecular flexibility index (Phi) is 37.1. The van der Waals surface area contributed by atoms with Crippen LogP contribution in [0.5, 0.6) is 0 Å². The molecule has 0 unspecified atom stereocenters. The van der Waals surface area contributed by atoms with Gasteiger partial charge in [0, 0.05) is 0 Å². The smallest absolute Gasteiger partial charge is 0.0782 e. The summed E-state index contributed by atoms with van der Waals surface area (Å²) in [6.45, 7) is 7.30. The molecule has 0 aliphatic heterocycles. The van der Waals surface area contributed by atoms with Crippen LogP contribution in [0, 0.1) is 0 Å². The Morgan fingerprint density at radius 2 is 0.610 bits per heavy atom. The van der Waals surface area contributed by atoms with Crippen LogP contribution in [-0.4, -0.2) is 31.7 Å². The quantitative estimate of drug-likeness (QED) is 0.0413. The fourth-order valence-corrected chi connectivity index (χ4v) is 5.60. The predicted molar refractivity (Wildman–Crippen MR) is 185 cm³/mol. The first kappa shape index (κ1) is 42.6. The number of unbranched alkanes of at least 4 members (excludes halogenated alkanes) is 22. The Bertz CT molecular complexity index is 562. The molecule has 0 saturated carbocycles. The Balaban J connectivity index is 0. The largest absolute Gasteiger partial charge is 1.00 e. The van der Waals surface area contributed by atoms with Gasteiger partial charge in [-0.2, -0.15) is 0 Å². The van der Waals surface area contributed by atoms with Crippen LogP contribution in [0.3, 0.4) is 0 Å². The molecule has 0 aliphatic carbocycles. The molecule has 0 heterocycles. The van der Waals surface area contributed by atoms with E-state index in [1.165, 1.54) is 185 Å². The van der Waals surface area contributed by atoms with Crippen LogP contribution >= 0.6 is 0 Å². The molecule has 0 aromatic carbocycles. The fraction of sp³-hybridized carbons (Fsp3) is 0.846. The van der Waals surface area contributed by atoms with E-state index < -0.39 is 0 Å². The summed E-state index contributed by atoms with van der Waals surface area (Å²) < 4.78 is 1.23. The Morgan fingerprint density at radius 1 is 0.341 bits per heavy atom. The van der Waals surface area contributed by atoms with Crippen LogP contribution in [-0.2, 0) is 0 Å². The lowest BCUT2D eigenvalue weighted by Gasteiger charge is -2.30. The summed E-state index contributed by atoms with van der Waals surface area (Å²) in [6, 6.07) is 0. The number of hydrogen-bond donors (Lipinski definition) is 0. The molecule has 0 N–H and O–H groups in total. The number of hydrogen-bond acceptors (Lipinski definition) is 0. The molecule has 0 fully saturated rings. The maximum Gasteiger partial charge on any atom is 0.0782 e. The molecule has 0 amide bonds. The van der Waals surface area contributed by atoms with Gasteiger partial charge >= 0.3 is 0 Å². The molecule has 0 atom stereocenters. The molecule has 41 heavy (non-hydrogen) atoms. The van der Waals surface area contributed by atoms with E-state index in [4.69, 9.17) is 0 Å². The third-order valence-electron chi connectivity index (χ3n) is 8.49. The highest BCUT2D eigenvalue weighted by Gasteiger charge is 2.13. The van der Waals surface area contributed by atoms with Gasteiger partial charge in [0.1, 0.15) is 0 Å². The van der Waals surface area contributed by atoms with Crippen molar-refractivity contribution in [1.82, 2.24) is 0 Å². The SMILES string of the molecule is CCCCC/C=C\C/C=C\CCCCCCCC[N+](C)(C)CCCCCCCCC/C=C\CCCCCCCC.[Cl-]. The summed E-state index contributed by atoms with van der Waals surface area (Å²) in [5.41, 5.74) is 0. The highest BCUT2D eigenvalue weighted by molar-refractivity contribution is 4.92. The van der Waals surface area contributed by atoms with Crippen LogP contribution < -0.4 is 12.4 Å². The number of halogens is 1. The summed E-state index contributed by atoms with van der Waals surface area (Å²) in [5, 5.41) is 0. The molecular formula is C39H76ClN. The monoisotopic (exact) mass is 594 g/mol. The molecule has 0 spiro atoms. The molecule has 0 aliphatic rings. The van der Waals surface area contributed by atoms with E-state index in [-0.39, 0.29) is 12.4 Å². The second kappa shape index (κ2) is 35.7. The van der Waals surface area contributed by atoms with Crippen molar-refractivity contribution in [2.75, 3.05) is 27.2 Å². The van der Waals surface area contributed by atoms with Crippen LogP contribution in [0.15, 0.2) is 36.5 Å². The molecule has 0 bridgehead atoms. The molecule has 0 rings (SSSR count). The topological polar surface area (TPSA) is 0 Å². The standard InChI is InChI=1S/C39H76N.ClH/c1-5-7-9-11-13-15-17-19-21-23-25-27-29-31-33-35-37-39-40(3,4)38-36-34-32-30-28-26-24-22-20-18-16-14-12-10-8-6-2;/h14,16,19-22H,5-13,15,17-18,23-39H2,1-4H3;1H/q+1;/p-1/b16-14-,21-19-,22-20-;. The predicted octanol–water partition coefficient (Wildman–Crippen LogP) is 10.3. The lowest BCUT2D eigenvalue weighted by atomic mass is 10.1. The van der Waals surface area contributed by atoms with E-state index in [9.17, 15) is 0 Å². The third-order valence-corrected chi connectivity index (χ3v) is 8.49. The summed E-state index contributed by atoms with van der Waals surface area (Å²) >= 11 is 0. The van der Waals surface area contributed by atoms with E-state index in [0.29, 0.717) is 0 Å². The van der Waals surface area contributed by atoms with Crippen molar-refractivity contribution in [2.45, 2.75) is 187 Å². The van der Waals surface area contributed by atoms with Gasteiger partial charge in [-0.05, 0) is 83.5 Å². The van der Waals surface area contributed by atoms with Crippen molar-refractivity contribution in [3.8, 4) is 0 Å². The third kappa shape index (κ3) is 37.4. The van der Waals surface area contributed by atoms with Gasteiger partial charge in [0.05, 0.1) is 27.2 Å².